The van der Waals surface area contributed by atoms with Gasteiger partial charge < -0.3 is 5.32 Å². The lowest BCUT2D eigenvalue weighted by molar-refractivity contribution is 0.262. The van der Waals surface area contributed by atoms with Crippen molar-refractivity contribution in [3.63, 3.8) is 0 Å². The molecule has 1 aliphatic carbocycles. The summed E-state index contributed by atoms with van der Waals surface area (Å²) in [5.41, 5.74) is 3.81. The molecule has 2 amide bonds. The number of hydrogen-bond donors (Lipinski definition) is 2. The fraction of sp³-hybridized carbons (Fsp3) is 0.130. The molecule has 0 fully saturated rings. The highest BCUT2D eigenvalue weighted by molar-refractivity contribution is 6.36. The number of aromatic nitrogens is 2. The molecule has 0 atom stereocenters. The number of hydrogen-bond acceptors (Lipinski definition) is 2. The van der Waals surface area contributed by atoms with Gasteiger partial charge in [0, 0.05) is 21.4 Å². The Kier molecular flexibility index (Phi) is 4.45. The van der Waals surface area contributed by atoms with Crippen LogP contribution in [0.15, 0.2) is 66.7 Å². The number of para-hydroxylation sites is 1. The zero-order valence-electron chi connectivity index (χ0n) is 15.7. The van der Waals surface area contributed by atoms with Crippen molar-refractivity contribution in [1.82, 2.24) is 9.78 Å². The van der Waals surface area contributed by atoms with Gasteiger partial charge in [0.25, 0.3) is 0 Å². The number of nitrogens with zero attached hydrogens (tertiary/aromatic N) is 2. The first kappa shape index (κ1) is 17.8. The van der Waals surface area contributed by atoms with Gasteiger partial charge in [0.05, 0.1) is 17.1 Å². The Bertz CT molecular complexity index is 1220. The molecular weight excluding hydrogens is 384 g/mol. The van der Waals surface area contributed by atoms with Crippen molar-refractivity contribution in [3.05, 3.63) is 83.0 Å². The summed E-state index contributed by atoms with van der Waals surface area (Å²) in [6.45, 7) is 0. The third kappa shape index (κ3) is 3.23. The lowest BCUT2D eigenvalue weighted by Crippen LogP contribution is -2.22. The Hall–Kier alpha value is -3.31. The minimum Gasteiger partial charge on any atom is -0.307 e. The molecule has 5 nitrogen and oxygen atoms in total. The van der Waals surface area contributed by atoms with Crippen LogP contribution in [0.4, 0.5) is 16.3 Å². The van der Waals surface area contributed by atoms with Crippen LogP contribution in [0.3, 0.4) is 0 Å². The van der Waals surface area contributed by atoms with Gasteiger partial charge >= 0.3 is 6.03 Å². The summed E-state index contributed by atoms with van der Waals surface area (Å²) in [6, 6.07) is 20.9. The molecule has 0 radical (unpaired) electrons. The molecule has 0 saturated heterocycles. The average Bonchev–Trinajstić information content (AvgIpc) is 3.34. The molecule has 1 heterocycles. The normalized spacial score (nSPS) is 12.7. The molecule has 0 spiro atoms. The summed E-state index contributed by atoms with van der Waals surface area (Å²) in [5.74, 6) is 0.736. The van der Waals surface area contributed by atoms with Gasteiger partial charge in [-0.1, -0.05) is 54.1 Å². The van der Waals surface area contributed by atoms with Crippen molar-refractivity contribution in [2.24, 2.45) is 0 Å². The summed E-state index contributed by atoms with van der Waals surface area (Å²) in [5, 5.41) is 13.2. The van der Waals surface area contributed by atoms with Crippen molar-refractivity contribution in [2.75, 3.05) is 10.6 Å². The quantitative estimate of drug-likeness (QED) is 0.454. The van der Waals surface area contributed by atoms with Crippen molar-refractivity contribution >= 4 is 39.9 Å². The standard InChI is InChI=1S/C23H19ClN4O/c24-19-13-14-20(17-10-5-4-9-16(17)19)25-23(29)26-22-18-11-6-12-21(18)27-28(22)15-7-2-1-3-8-15/h1-5,7-10,13-14H,6,11-12H2,(H2,25,26,29). The van der Waals surface area contributed by atoms with Crippen molar-refractivity contribution in [3.8, 4) is 5.69 Å². The number of halogens is 1. The molecule has 0 unspecified atom stereocenters. The van der Waals surface area contributed by atoms with Gasteiger partial charge in [0.1, 0.15) is 5.82 Å². The monoisotopic (exact) mass is 402 g/mol. The second-order valence-corrected chi connectivity index (χ2v) is 7.50. The first-order valence-electron chi connectivity index (χ1n) is 9.62. The molecule has 2 N–H and O–H groups in total. The summed E-state index contributed by atoms with van der Waals surface area (Å²) in [6.07, 6.45) is 2.92. The molecular formula is C23H19ClN4O. The lowest BCUT2D eigenvalue weighted by atomic mass is 10.1. The van der Waals surface area contributed by atoms with Crippen LogP contribution in [-0.4, -0.2) is 15.8 Å². The lowest BCUT2D eigenvalue weighted by Gasteiger charge is -2.13. The highest BCUT2D eigenvalue weighted by atomic mass is 35.5. The highest BCUT2D eigenvalue weighted by Gasteiger charge is 2.24. The Morgan fingerprint density at radius 3 is 2.48 bits per heavy atom. The molecule has 1 aromatic heterocycles. The maximum absolute atomic E-state index is 12.9. The van der Waals surface area contributed by atoms with E-state index in [2.05, 4.69) is 10.6 Å². The van der Waals surface area contributed by atoms with Crippen LogP contribution < -0.4 is 10.6 Å². The second kappa shape index (κ2) is 7.26. The number of fused-ring (bicyclic) bond motifs is 2. The topological polar surface area (TPSA) is 59.0 Å². The fourth-order valence-electron chi connectivity index (χ4n) is 3.91. The number of rotatable bonds is 3. The predicted octanol–water partition coefficient (Wildman–Crippen LogP) is 5.81. The molecule has 0 saturated carbocycles. The Morgan fingerprint density at radius 2 is 1.66 bits per heavy atom. The molecule has 29 heavy (non-hydrogen) atoms. The first-order valence-corrected chi connectivity index (χ1v) is 10.00. The number of anilines is 2. The summed E-state index contributed by atoms with van der Waals surface area (Å²) >= 11 is 6.29. The molecule has 3 aromatic carbocycles. The van der Waals surface area contributed by atoms with Gasteiger partial charge in [0.15, 0.2) is 0 Å². The van der Waals surface area contributed by atoms with E-state index in [4.69, 9.17) is 16.7 Å². The third-order valence-electron chi connectivity index (χ3n) is 5.26. The summed E-state index contributed by atoms with van der Waals surface area (Å²) in [7, 11) is 0. The maximum Gasteiger partial charge on any atom is 0.324 e. The van der Waals surface area contributed by atoms with E-state index >= 15 is 0 Å². The average molecular weight is 403 g/mol. The van der Waals surface area contributed by atoms with Gasteiger partial charge in [-0.25, -0.2) is 9.48 Å². The number of nitrogens with one attached hydrogen (secondary N) is 2. The van der Waals surface area contributed by atoms with Gasteiger partial charge in [0.2, 0.25) is 0 Å². The van der Waals surface area contributed by atoms with Gasteiger partial charge in [-0.05, 0) is 43.5 Å². The molecule has 0 bridgehead atoms. The van der Waals surface area contributed by atoms with Gasteiger partial charge in [-0.15, -0.1) is 0 Å². The molecule has 1 aliphatic rings. The van der Waals surface area contributed by atoms with E-state index in [-0.39, 0.29) is 6.03 Å². The van der Waals surface area contributed by atoms with E-state index < -0.39 is 0 Å². The second-order valence-electron chi connectivity index (χ2n) is 7.09. The van der Waals surface area contributed by atoms with E-state index in [0.717, 1.165) is 52.8 Å². The zero-order valence-corrected chi connectivity index (χ0v) is 16.4. The zero-order chi connectivity index (χ0) is 19.8. The minimum atomic E-state index is -0.302. The molecule has 5 rings (SSSR count). The number of carbonyl (C=O) groups is 1. The predicted molar refractivity (Wildman–Crippen MR) is 117 cm³/mol. The van der Waals surface area contributed by atoms with E-state index in [1.165, 1.54) is 0 Å². The SMILES string of the molecule is O=C(Nc1ccc(Cl)c2ccccc12)Nc1c2c(nn1-c1ccccc1)CCC2. The number of amides is 2. The maximum atomic E-state index is 12.9. The fourth-order valence-corrected chi connectivity index (χ4v) is 4.14. The number of benzene rings is 3. The van der Waals surface area contributed by atoms with Gasteiger partial charge in [-0.3, -0.25) is 5.32 Å². The van der Waals surface area contributed by atoms with Crippen LogP contribution >= 0.6 is 11.6 Å². The van der Waals surface area contributed by atoms with E-state index in [0.29, 0.717) is 10.7 Å². The van der Waals surface area contributed by atoms with E-state index in [9.17, 15) is 4.79 Å². The van der Waals surface area contributed by atoms with Gasteiger partial charge in [-0.2, -0.15) is 5.10 Å². The van der Waals surface area contributed by atoms with Crippen LogP contribution in [-0.2, 0) is 12.8 Å². The Labute approximate surface area is 173 Å². The number of urea groups is 1. The summed E-state index contributed by atoms with van der Waals surface area (Å²) < 4.78 is 1.82. The Balaban J connectivity index is 1.47. The first-order chi connectivity index (χ1) is 14.2. The molecule has 144 valence electrons. The van der Waals surface area contributed by atoms with Crippen molar-refractivity contribution in [2.45, 2.75) is 19.3 Å². The van der Waals surface area contributed by atoms with Crippen LogP contribution in [0.25, 0.3) is 16.5 Å². The smallest absolute Gasteiger partial charge is 0.307 e. The van der Waals surface area contributed by atoms with Crippen LogP contribution in [0.5, 0.6) is 0 Å². The molecule has 6 heteroatoms. The Morgan fingerprint density at radius 1 is 0.897 bits per heavy atom. The van der Waals surface area contributed by atoms with E-state index in [1.807, 2.05) is 65.3 Å². The molecule has 0 aliphatic heterocycles. The highest BCUT2D eigenvalue weighted by Crippen LogP contribution is 2.32. The van der Waals surface area contributed by atoms with Crippen molar-refractivity contribution in [1.29, 1.82) is 0 Å². The van der Waals surface area contributed by atoms with Crippen LogP contribution in [0.1, 0.15) is 17.7 Å². The third-order valence-corrected chi connectivity index (χ3v) is 5.59. The number of aryl methyl sites for hydroxylation is 1. The number of carbonyl (C=O) groups excluding carboxylic acids is 1. The van der Waals surface area contributed by atoms with Crippen LogP contribution in [0, 0.1) is 0 Å². The van der Waals surface area contributed by atoms with E-state index in [1.54, 1.807) is 6.07 Å². The largest absolute Gasteiger partial charge is 0.324 e. The van der Waals surface area contributed by atoms with Crippen molar-refractivity contribution < 1.29 is 4.79 Å². The summed E-state index contributed by atoms with van der Waals surface area (Å²) in [4.78, 5) is 12.9. The van der Waals surface area contributed by atoms with Crippen LogP contribution in [0.2, 0.25) is 5.02 Å². The minimum absolute atomic E-state index is 0.302. The molecule has 4 aromatic rings.